The first-order valence-electron chi connectivity index (χ1n) is 5.74. The highest BCUT2D eigenvalue weighted by molar-refractivity contribution is 6.16. The number of hydrogen-bond donors (Lipinski definition) is 0. The normalized spacial score (nSPS) is 11.3. The van der Waals surface area contributed by atoms with Gasteiger partial charge in [-0.3, -0.25) is 13.9 Å². The van der Waals surface area contributed by atoms with Crippen molar-refractivity contribution in [2.45, 2.75) is 25.8 Å². The van der Waals surface area contributed by atoms with Crippen LogP contribution in [-0.2, 0) is 26.5 Å². The number of alkyl halides is 1. The first kappa shape index (κ1) is 12.9. The van der Waals surface area contributed by atoms with Gasteiger partial charge in [0.05, 0.1) is 5.88 Å². The minimum atomic E-state index is -0.380. The summed E-state index contributed by atoms with van der Waals surface area (Å²) in [5.41, 5.74) is 0.101. The second kappa shape index (κ2) is 4.61. The molecule has 2 heterocycles. The van der Waals surface area contributed by atoms with Crippen molar-refractivity contribution in [3.63, 3.8) is 0 Å². The van der Waals surface area contributed by atoms with E-state index < -0.39 is 0 Å². The molecule has 2 aromatic heterocycles. The zero-order valence-electron chi connectivity index (χ0n) is 10.6. The molecule has 6 nitrogen and oxygen atoms in total. The Morgan fingerprint density at radius 1 is 1.22 bits per heavy atom. The third kappa shape index (κ3) is 1.68. The van der Waals surface area contributed by atoms with Gasteiger partial charge in [-0.2, -0.15) is 0 Å². The quantitative estimate of drug-likeness (QED) is 0.767. The summed E-state index contributed by atoms with van der Waals surface area (Å²) in [5, 5.41) is 0. The van der Waals surface area contributed by atoms with Gasteiger partial charge < -0.3 is 4.57 Å². The molecule has 0 spiro atoms. The van der Waals surface area contributed by atoms with E-state index >= 15 is 0 Å². The fourth-order valence-corrected chi connectivity index (χ4v) is 2.30. The maximum atomic E-state index is 12.0. The molecule has 0 N–H and O–H groups in total. The topological polar surface area (TPSA) is 61.8 Å². The molecule has 98 valence electrons. The number of rotatable bonds is 3. The molecule has 7 heteroatoms. The average molecular weight is 271 g/mol. The van der Waals surface area contributed by atoms with E-state index in [1.165, 1.54) is 11.6 Å². The highest BCUT2D eigenvalue weighted by Crippen LogP contribution is 2.13. The van der Waals surface area contributed by atoms with Gasteiger partial charge in [0.15, 0.2) is 5.52 Å². The van der Waals surface area contributed by atoms with E-state index in [1.54, 1.807) is 7.05 Å². The molecule has 0 aromatic carbocycles. The molecule has 2 rings (SSSR count). The minimum absolute atomic E-state index is 0.214. The lowest BCUT2D eigenvalue weighted by Gasteiger charge is -2.09. The SMILES string of the molecule is CCCn1c(CCl)nc2c(=O)n(C)c(=O)n(C)c21. The third-order valence-electron chi connectivity index (χ3n) is 2.99. The number of aryl methyl sites for hydroxylation is 2. The summed E-state index contributed by atoms with van der Waals surface area (Å²) >= 11 is 5.84. The number of nitrogens with zero attached hydrogens (tertiary/aromatic N) is 4. The lowest BCUT2D eigenvalue weighted by atomic mass is 10.4. The Kier molecular flexibility index (Phi) is 3.30. The zero-order valence-corrected chi connectivity index (χ0v) is 11.4. The van der Waals surface area contributed by atoms with Crippen LogP contribution < -0.4 is 11.2 Å². The van der Waals surface area contributed by atoms with E-state index in [0.717, 1.165) is 11.0 Å². The van der Waals surface area contributed by atoms with E-state index in [9.17, 15) is 9.59 Å². The van der Waals surface area contributed by atoms with Crippen LogP contribution in [0.25, 0.3) is 11.2 Å². The van der Waals surface area contributed by atoms with Crippen molar-refractivity contribution >= 4 is 22.8 Å². The standard InChI is InChI=1S/C11H15ClN4O2/c1-4-5-16-7(6-12)13-8-9(16)14(2)11(18)15(3)10(8)17/h4-6H2,1-3H3. The van der Waals surface area contributed by atoms with E-state index in [2.05, 4.69) is 4.98 Å². The molecule has 0 unspecified atom stereocenters. The fourth-order valence-electron chi connectivity index (χ4n) is 2.09. The van der Waals surface area contributed by atoms with Crippen LogP contribution in [0.3, 0.4) is 0 Å². The summed E-state index contributed by atoms with van der Waals surface area (Å²) in [4.78, 5) is 28.2. The van der Waals surface area contributed by atoms with Gasteiger partial charge in [-0.05, 0) is 6.42 Å². The number of imidazole rings is 1. The minimum Gasteiger partial charge on any atom is -0.313 e. The van der Waals surface area contributed by atoms with Crippen LogP contribution in [0.2, 0.25) is 0 Å². The summed E-state index contributed by atoms with van der Waals surface area (Å²) in [6.07, 6.45) is 0.874. The Labute approximate surface area is 108 Å². The van der Waals surface area contributed by atoms with Crippen molar-refractivity contribution in [2.24, 2.45) is 14.1 Å². The fraction of sp³-hybridized carbons (Fsp3) is 0.545. The van der Waals surface area contributed by atoms with Crippen molar-refractivity contribution in [1.82, 2.24) is 18.7 Å². The molecule has 0 fully saturated rings. The van der Waals surface area contributed by atoms with Crippen molar-refractivity contribution < 1.29 is 0 Å². The highest BCUT2D eigenvalue weighted by Gasteiger charge is 2.17. The molecule has 0 bridgehead atoms. The van der Waals surface area contributed by atoms with Crippen LogP contribution in [0.1, 0.15) is 19.2 Å². The molecule has 0 aliphatic heterocycles. The smallest absolute Gasteiger partial charge is 0.313 e. The Hall–Kier alpha value is -1.56. The summed E-state index contributed by atoms with van der Waals surface area (Å²) < 4.78 is 4.34. The van der Waals surface area contributed by atoms with Gasteiger partial charge in [0.1, 0.15) is 11.5 Å². The van der Waals surface area contributed by atoms with Crippen LogP contribution in [0.5, 0.6) is 0 Å². The van der Waals surface area contributed by atoms with Crippen LogP contribution >= 0.6 is 11.6 Å². The van der Waals surface area contributed by atoms with Gasteiger partial charge in [-0.15, -0.1) is 11.6 Å². The van der Waals surface area contributed by atoms with E-state index in [1.807, 2.05) is 11.5 Å². The second-order valence-corrected chi connectivity index (χ2v) is 4.46. The maximum Gasteiger partial charge on any atom is 0.332 e. The summed E-state index contributed by atoms with van der Waals surface area (Å²) in [5.74, 6) is 0.832. The first-order valence-corrected chi connectivity index (χ1v) is 6.27. The van der Waals surface area contributed by atoms with E-state index in [4.69, 9.17) is 11.6 Å². The van der Waals surface area contributed by atoms with Crippen LogP contribution in [0, 0.1) is 0 Å². The predicted molar refractivity (Wildman–Crippen MR) is 70.1 cm³/mol. The number of hydrogen-bond acceptors (Lipinski definition) is 3. The molecular weight excluding hydrogens is 256 g/mol. The highest BCUT2D eigenvalue weighted by atomic mass is 35.5. The van der Waals surface area contributed by atoms with Crippen molar-refractivity contribution in [3.05, 3.63) is 26.7 Å². The molecule has 2 aromatic rings. The monoisotopic (exact) mass is 270 g/mol. The van der Waals surface area contributed by atoms with Gasteiger partial charge >= 0.3 is 5.69 Å². The van der Waals surface area contributed by atoms with Gasteiger partial charge in [0.25, 0.3) is 5.56 Å². The molecule has 0 atom stereocenters. The molecular formula is C11H15ClN4O2. The zero-order chi connectivity index (χ0) is 13.4. The molecule has 0 aliphatic carbocycles. The molecule has 0 saturated carbocycles. The Morgan fingerprint density at radius 3 is 2.44 bits per heavy atom. The molecule has 0 radical (unpaired) electrons. The number of fused-ring (bicyclic) bond motifs is 1. The predicted octanol–water partition coefficient (Wildman–Crippen LogP) is 0.582. The van der Waals surface area contributed by atoms with Gasteiger partial charge in [-0.1, -0.05) is 6.92 Å². The summed E-state index contributed by atoms with van der Waals surface area (Å²) in [7, 11) is 3.08. The third-order valence-corrected chi connectivity index (χ3v) is 3.22. The number of halogens is 1. The Morgan fingerprint density at radius 2 is 1.89 bits per heavy atom. The van der Waals surface area contributed by atoms with E-state index in [-0.39, 0.29) is 17.1 Å². The maximum absolute atomic E-state index is 12.0. The molecule has 18 heavy (non-hydrogen) atoms. The van der Waals surface area contributed by atoms with Gasteiger partial charge in [0.2, 0.25) is 0 Å². The van der Waals surface area contributed by atoms with Gasteiger partial charge in [-0.25, -0.2) is 9.78 Å². The molecule has 0 amide bonds. The molecule has 0 aliphatic rings. The lowest BCUT2D eigenvalue weighted by Crippen LogP contribution is -2.37. The second-order valence-electron chi connectivity index (χ2n) is 4.19. The Bertz CT molecular complexity index is 710. The van der Waals surface area contributed by atoms with Crippen LogP contribution in [-0.4, -0.2) is 18.7 Å². The largest absolute Gasteiger partial charge is 0.332 e. The van der Waals surface area contributed by atoms with E-state index in [0.29, 0.717) is 23.5 Å². The van der Waals surface area contributed by atoms with Crippen molar-refractivity contribution in [2.75, 3.05) is 0 Å². The summed E-state index contributed by atoms with van der Waals surface area (Å²) in [6.45, 7) is 2.70. The lowest BCUT2D eigenvalue weighted by molar-refractivity contribution is 0.638. The average Bonchev–Trinajstić information content (AvgIpc) is 2.73. The first-order chi connectivity index (χ1) is 8.52. The van der Waals surface area contributed by atoms with Gasteiger partial charge in [0, 0.05) is 20.6 Å². The van der Waals surface area contributed by atoms with Crippen LogP contribution in [0.4, 0.5) is 0 Å². The van der Waals surface area contributed by atoms with Crippen molar-refractivity contribution in [1.29, 1.82) is 0 Å². The van der Waals surface area contributed by atoms with Crippen LogP contribution in [0.15, 0.2) is 9.59 Å². The Balaban J connectivity index is 3.00. The van der Waals surface area contributed by atoms with Crippen molar-refractivity contribution in [3.8, 4) is 0 Å². The number of aromatic nitrogens is 4. The summed E-state index contributed by atoms with van der Waals surface area (Å²) in [6, 6.07) is 0. The molecule has 0 saturated heterocycles.